The number of nitriles is 1. The maximum atomic E-state index is 10.7. The van der Waals surface area contributed by atoms with Crippen molar-refractivity contribution < 1.29 is 4.79 Å². The molecular formula is C13H15N3OS. The predicted octanol–water partition coefficient (Wildman–Crippen LogP) is 2.38. The second-order valence-corrected chi connectivity index (χ2v) is 4.52. The summed E-state index contributed by atoms with van der Waals surface area (Å²) in [6.45, 7) is 2.10. The van der Waals surface area contributed by atoms with Gasteiger partial charge in [0.1, 0.15) is 5.40 Å². The van der Waals surface area contributed by atoms with E-state index in [-0.39, 0.29) is 5.91 Å². The number of nitrogens with one attached hydrogen (secondary N) is 1. The summed E-state index contributed by atoms with van der Waals surface area (Å²) in [4.78, 5) is 11.5. The summed E-state index contributed by atoms with van der Waals surface area (Å²) in [5, 5.41) is 13.3. The lowest BCUT2D eigenvalue weighted by atomic mass is 10.1. The molecule has 1 aromatic carbocycles. The third kappa shape index (κ3) is 4.93. The van der Waals surface area contributed by atoms with E-state index in [9.17, 15) is 4.79 Å². The van der Waals surface area contributed by atoms with Gasteiger partial charge in [0.2, 0.25) is 5.91 Å². The van der Waals surface area contributed by atoms with E-state index in [0.717, 1.165) is 28.6 Å². The summed E-state index contributed by atoms with van der Waals surface area (Å²) in [6, 6.07) is 5.48. The highest BCUT2D eigenvalue weighted by Crippen LogP contribution is 2.23. The fourth-order valence-electron chi connectivity index (χ4n) is 1.36. The first kappa shape index (κ1) is 14.1. The van der Waals surface area contributed by atoms with Crippen LogP contribution in [0.5, 0.6) is 0 Å². The molecular weight excluding hydrogens is 246 g/mol. The van der Waals surface area contributed by atoms with E-state index in [4.69, 9.17) is 11.0 Å². The molecule has 0 aromatic heterocycles. The van der Waals surface area contributed by atoms with Crippen molar-refractivity contribution in [3.63, 3.8) is 0 Å². The van der Waals surface area contributed by atoms with Crippen LogP contribution in [0, 0.1) is 10.7 Å². The quantitative estimate of drug-likeness (QED) is 0.369. The lowest BCUT2D eigenvalue weighted by molar-refractivity contribution is -0.118. The first-order valence-electron chi connectivity index (χ1n) is 5.50. The van der Waals surface area contributed by atoms with Crippen LogP contribution in [0.2, 0.25) is 0 Å². The van der Waals surface area contributed by atoms with Crippen LogP contribution in [0.3, 0.4) is 0 Å². The molecule has 94 valence electrons. The Labute approximate surface area is 111 Å². The van der Waals surface area contributed by atoms with Crippen LogP contribution in [0.1, 0.15) is 18.9 Å². The number of carbonyl (C=O) groups excluding carboxylic acids is 1. The molecule has 0 saturated carbocycles. The number of nitrogens with zero attached hydrogens (tertiary/aromatic N) is 1. The van der Waals surface area contributed by atoms with E-state index in [2.05, 4.69) is 5.32 Å². The number of nitrogens with two attached hydrogens (primary N) is 1. The van der Waals surface area contributed by atoms with Crippen molar-refractivity contribution in [2.75, 3.05) is 12.3 Å². The Morgan fingerprint density at radius 2 is 2.39 bits per heavy atom. The number of thiocyanates is 1. The Morgan fingerprint density at radius 1 is 1.61 bits per heavy atom. The van der Waals surface area contributed by atoms with Crippen molar-refractivity contribution in [3.8, 4) is 5.40 Å². The van der Waals surface area contributed by atoms with Gasteiger partial charge in [0.25, 0.3) is 0 Å². The van der Waals surface area contributed by atoms with Gasteiger partial charge in [-0.25, -0.2) is 0 Å². The highest BCUT2D eigenvalue weighted by atomic mass is 32.2. The fourth-order valence-corrected chi connectivity index (χ4v) is 1.78. The zero-order valence-electron chi connectivity index (χ0n) is 10.1. The standard InChI is InChI=1S/C13H15N3OS/c1-10(17)16-7-3-2-4-11-8-12(18-9-14)5-6-13(11)15/h2,4-6,8H,3,7,15H2,1H3,(H,16,17). The Bertz CT molecular complexity index is 491. The number of anilines is 1. The number of amides is 1. The van der Waals surface area contributed by atoms with Gasteiger partial charge in [-0.2, -0.15) is 5.26 Å². The molecule has 1 amide bonds. The molecule has 18 heavy (non-hydrogen) atoms. The number of benzene rings is 1. The molecule has 3 N–H and O–H groups in total. The topological polar surface area (TPSA) is 78.9 Å². The SMILES string of the molecule is CC(=O)NCCC=Cc1cc(SC#N)ccc1N. The molecule has 0 fully saturated rings. The molecule has 0 bridgehead atoms. The van der Waals surface area contributed by atoms with Crippen molar-refractivity contribution in [2.45, 2.75) is 18.2 Å². The lowest BCUT2D eigenvalue weighted by Crippen LogP contribution is -2.20. The lowest BCUT2D eigenvalue weighted by Gasteiger charge is -2.02. The van der Waals surface area contributed by atoms with E-state index in [1.807, 2.05) is 29.7 Å². The van der Waals surface area contributed by atoms with Gasteiger partial charge in [-0.3, -0.25) is 4.79 Å². The molecule has 0 radical (unpaired) electrons. The van der Waals surface area contributed by atoms with E-state index in [1.165, 1.54) is 6.92 Å². The average molecular weight is 261 g/mol. The van der Waals surface area contributed by atoms with Crippen molar-refractivity contribution in [1.82, 2.24) is 5.32 Å². The Kier molecular flexibility index (Phi) is 5.81. The molecule has 0 aliphatic rings. The molecule has 0 aliphatic heterocycles. The van der Waals surface area contributed by atoms with Crippen LogP contribution in [0.15, 0.2) is 29.2 Å². The number of hydrogen-bond acceptors (Lipinski definition) is 4. The molecule has 5 heteroatoms. The summed E-state index contributed by atoms with van der Waals surface area (Å²) >= 11 is 1.10. The molecule has 0 aliphatic carbocycles. The Morgan fingerprint density at radius 3 is 3.06 bits per heavy atom. The first-order valence-corrected chi connectivity index (χ1v) is 6.31. The minimum atomic E-state index is -0.0321. The molecule has 1 aromatic rings. The van der Waals surface area contributed by atoms with E-state index >= 15 is 0 Å². The van der Waals surface area contributed by atoms with Crippen LogP contribution in [-0.4, -0.2) is 12.5 Å². The monoisotopic (exact) mass is 261 g/mol. The number of thioether (sulfide) groups is 1. The first-order chi connectivity index (χ1) is 8.63. The number of rotatable bonds is 5. The summed E-state index contributed by atoms with van der Waals surface area (Å²) in [5.74, 6) is -0.0321. The zero-order valence-corrected chi connectivity index (χ0v) is 11.0. The Balaban J connectivity index is 2.60. The zero-order chi connectivity index (χ0) is 13.4. The minimum Gasteiger partial charge on any atom is -0.398 e. The van der Waals surface area contributed by atoms with Gasteiger partial charge < -0.3 is 11.1 Å². The van der Waals surface area contributed by atoms with Crippen LogP contribution in [0.25, 0.3) is 6.08 Å². The van der Waals surface area contributed by atoms with Gasteiger partial charge in [0, 0.05) is 24.1 Å². The van der Waals surface area contributed by atoms with Crippen LogP contribution in [0.4, 0.5) is 5.69 Å². The van der Waals surface area contributed by atoms with E-state index in [1.54, 1.807) is 6.07 Å². The molecule has 1 rings (SSSR count). The summed E-state index contributed by atoms with van der Waals surface area (Å²) in [7, 11) is 0. The summed E-state index contributed by atoms with van der Waals surface area (Å²) in [6.07, 6.45) is 4.59. The van der Waals surface area contributed by atoms with Crippen molar-refractivity contribution in [1.29, 1.82) is 5.26 Å². The maximum absolute atomic E-state index is 10.7. The summed E-state index contributed by atoms with van der Waals surface area (Å²) < 4.78 is 0. The molecule has 0 spiro atoms. The number of carbonyl (C=O) groups is 1. The Hall–Kier alpha value is -1.93. The van der Waals surface area contributed by atoms with E-state index in [0.29, 0.717) is 12.2 Å². The van der Waals surface area contributed by atoms with Gasteiger partial charge in [-0.05, 0) is 41.9 Å². The minimum absolute atomic E-state index is 0.0321. The van der Waals surface area contributed by atoms with Crippen LogP contribution in [-0.2, 0) is 4.79 Å². The van der Waals surface area contributed by atoms with Gasteiger partial charge in [0.05, 0.1) is 0 Å². The van der Waals surface area contributed by atoms with Crippen molar-refractivity contribution in [2.24, 2.45) is 0 Å². The molecule has 0 heterocycles. The second-order valence-electron chi connectivity index (χ2n) is 3.66. The highest BCUT2D eigenvalue weighted by molar-refractivity contribution is 8.03. The maximum Gasteiger partial charge on any atom is 0.216 e. The van der Waals surface area contributed by atoms with Crippen LogP contribution >= 0.6 is 11.8 Å². The highest BCUT2D eigenvalue weighted by Gasteiger charge is 1.98. The molecule has 0 saturated heterocycles. The number of hydrogen-bond donors (Lipinski definition) is 2. The third-order valence-electron chi connectivity index (χ3n) is 2.20. The number of nitrogen functional groups attached to an aromatic ring is 1. The predicted molar refractivity (Wildman–Crippen MR) is 74.7 cm³/mol. The van der Waals surface area contributed by atoms with Gasteiger partial charge >= 0.3 is 0 Å². The van der Waals surface area contributed by atoms with E-state index < -0.39 is 0 Å². The molecule has 0 atom stereocenters. The van der Waals surface area contributed by atoms with Crippen LogP contribution < -0.4 is 11.1 Å². The van der Waals surface area contributed by atoms with Gasteiger partial charge in [-0.1, -0.05) is 12.2 Å². The van der Waals surface area contributed by atoms with Crippen molar-refractivity contribution in [3.05, 3.63) is 29.8 Å². The second kappa shape index (κ2) is 7.41. The largest absolute Gasteiger partial charge is 0.398 e. The summed E-state index contributed by atoms with van der Waals surface area (Å²) in [5.41, 5.74) is 7.40. The molecule has 0 unspecified atom stereocenters. The van der Waals surface area contributed by atoms with Gasteiger partial charge in [-0.15, -0.1) is 0 Å². The fraction of sp³-hybridized carbons (Fsp3) is 0.231. The normalized spacial score (nSPS) is 10.2. The molecule has 4 nitrogen and oxygen atoms in total. The van der Waals surface area contributed by atoms with Gasteiger partial charge in [0.15, 0.2) is 0 Å². The third-order valence-corrected chi connectivity index (χ3v) is 2.79. The van der Waals surface area contributed by atoms with Crippen molar-refractivity contribution >= 4 is 29.4 Å². The smallest absolute Gasteiger partial charge is 0.216 e. The average Bonchev–Trinajstić information content (AvgIpc) is 2.32.